The molecule has 3 aromatic rings. The highest BCUT2D eigenvalue weighted by molar-refractivity contribution is 5.81. The molecule has 0 atom stereocenters. The summed E-state index contributed by atoms with van der Waals surface area (Å²) in [6.07, 6.45) is 5.89. The summed E-state index contributed by atoms with van der Waals surface area (Å²) < 4.78 is 18.0. The molecule has 2 heterocycles. The smallest absolute Gasteiger partial charge is 0.161 e. The number of imidazole rings is 2. The number of halogens is 1. The maximum atomic E-state index is 14.0. The number of aromatic nitrogens is 4. The number of hydrogen-bond acceptors (Lipinski definition) is 3. The van der Waals surface area contributed by atoms with Gasteiger partial charge in [0, 0.05) is 25.3 Å². The summed E-state index contributed by atoms with van der Waals surface area (Å²) in [5.41, 5.74) is 7.60. The second-order valence-electron chi connectivity index (χ2n) is 5.43. The molecule has 2 aromatic heterocycles. The number of benzene rings is 1. The van der Waals surface area contributed by atoms with Gasteiger partial charge in [-0.1, -0.05) is 6.07 Å². The van der Waals surface area contributed by atoms with Gasteiger partial charge in [0.2, 0.25) is 0 Å². The molecule has 1 aliphatic rings. The van der Waals surface area contributed by atoms with E-state index in [1.807, 2.05) is 16.8 Å². The van der Waals surface area contributed by atoms with E-state index in [0.717, 1.165) is 29.9 Å². The Kier molecular flexibility index (Phi) is 2.78. The van der Waals surface area contributed by atoms with Crippen molar-refractivity contribution in [1.82, 2.24) is 19.1 Å². The van der Waals surface area contributed by atoms with Gasteiger partial charge >= 0.3 is 0 Å². The van der Waals surface area contributed by atoms with Gasteiger partial charge in [-0.3, -0.25) is 0 Å². The van der Waals surface area contributed by atoms with E-state index in [1.54, 1.807) is 12.4 Å². The van der Waals surface area contributed by atoms with Crippen molar-refractivity contribution in [2.24, 2.45) is 5.73 Å². The summed E-state index contributed by atoms with van der Waals surface area (Å²) in [6.45, 7) is 1.27. The summed E-state index contributed by atoms with van der Waals surface area (Å²) >= 11 is 0. The van der Waals surface area contributed by atoms with Crippen LogP contribution in [0, 0.1) is 5.82 Å². The summed E-state index contributed by atoms with van der Waals surface area (Å²) in [5, 5.41) is 0. The van der Waals surface area contributed by atoms with E-state index in [-0.39, 0.29) is 5.82 Å². The second kappa shape index (κ2) is 4.66. The summed E-state index contributed by atoms with van der Waals surface area (Å²) in [5.74, 6) is 0.461. The Morgan fingerprint density at radius 3 is 2.95 bits per heavy atom. The van der Waals surface area contributed by atoms with Crippen LogP contribution in [0.3, 0.4) is 0 Å². The van der Waals surface area contributed by atoms with Crippen molar-refractivity contribution in [1.29, 1.82) is 0 Å². The van der Waals surface area contributed by atoms with Crippen LogP contribution in [0.2, 0.25) is 0 Å². The average Bonchev–Trinajstić information content (AvgIpc) is 3.07. The first kappa shape index (κ1) is 12.5. The standard InChI is InChI=1S/C15H16FN5/c16-11-2-1-3-13-14(11)19-15(21(13)10-4-5-10)12-8-20(7-6-17)9-18-12/h1-3,8-10H,4-7,17H2. The number of nitrogens with two attached hydrogens (primary N) is 1. The third-order valence-corrected chi connectivity index (χ3v) is 3.83. The number of hydrogen-bond donors (Lipinski definition) is 1. The second-order valence-corrected chi connectivity index (χ2v) is 5.43. The molecular weight excluding hydrogens is 269 g/mol. The molecule has 0 aliphatic heterocycles. The van der Waals surface area contributed by atoms with Gasteiger partial charge in [0.25, 0.3) is 0 Å². The zero-order valence-corrected chi connectivity index (χ0v) is 11.5. The minimum Gasteiger partial charge on any atom is -0.335 e. The SMILES string of the molecule is NCCn1cnc(-c2nc3c(F)cccc3n2C2CC2)c1. The van der Waals surface area contributed by atoms with Crippen LogP contribution in [0.1, 0.15) is 18.9 Å². The molecule has 1 aromatic carbocycles. The van der Waals surface area contributed by atoms with Gasteiger partial charge in [0.05, 0.1) is 11.8 Å². The highest BCUT2D eigenvalue weighted by Gasteiger charge is 2.30. The van der Waals surface area contributed by atoms with Crippen molar-refractivity contribution in [3.8, 4) is 11.5 Å². The minimum atomic E-state index is -0.283. The lowest BCUT2D eigenvalue weighted by Crippen LogP contribution is -2.07. The minimum absolute atomic E-state index is 0.283. The van der Waals surface area contributed by atoms with Crippen molar-refractivity contribution >= 4 is 11.0 Å². The lowest BCUT2D eigenvalue weighted by molar-refractivity contribution is 0.637. The molecule has 0 amide bonds. The van der Waals surface area contributed by atoms with Gasteiger partial charge in [-0.05, 0) is 25.0 Å². The predicted octanol–water partition coefficient (Wildman–Crippen LogP) is 2.33. The Morgan fingerprint density at radius 1 is 1.33 bits per heavy atom. The van der Waals surface area contributed by atoms with Crippen LogP contribution < -0.4 is 5.73 Å². The zero-order valence-electron chi connectivity index (χ0n) is 11.5. The van der Waals surface area contributed by atoms with Crippen LogP contribution in [0.5, 0.6) is 0 Å². The van der Waals surface area contributed by atoms with E-state index < -0.39 is 0 Å². The predicted molar refractivity (Wildman–Crippen MR) is 78.2 cm³/mol. The molecule has 0 unspecified atom stereocenters. The third-order valence-electron chi connectivity index (χ3n) is 3.83. The first-order valence-electron chi connectivity index (χ1n) is 7.16. The van der Waals surface area contributed by atoms with Crippen molar-refractivity contribution in [2.75, 3.05) is 6.54 Å². The van der Waals surface area contributed by atoms with Gasteiger partial charge in [-0.2, -0.15) is 0 Å². The van der Waals surface area contributed by atoms with E-state index in [4.69, 9.17) is 5.73 Å². The Labute approximate surface area is 121 Å². The number of nitrogens with zero attached hydrogens (tertiary/aromatic N) is 4. The van der Waals surface area contributed by atoms with Crippen LogP contribution in [-0.4, -0.2) is 25.6 Å². The third kappa shape index (κ3) is 2.03. The summed E-state index contributed by atoms with van der Waals surface area (Å²) in [4.78, 5) is 8.90. The Morgan fingerprint density at radius 2 is 2.19 bits per heavy atom. The highest BCUT2D eigenvalue weighted by atomic mass is 19.1. The Hall–Kier alpha value is -2.21. The maximum absolute atomic E-state index is 14.0. The molecule has 0 spiro atoms. The zero-order chi connectivity index (χ0) is 14.4. The normalized spacial score (nSPS) is 15.0. The van der Waals surface area contributed by atoms with Crippen molar-refractivity contribution < 1.29 is 4.39 Å². The molecule has 108 valence electrons. The van der Waals surface area contributed by atoms with E-state index in [9.17, 15) is 4.39 Å². The fraction of sp³-hybridized carbons (Fsp3) is 0.333. The molecule has 0 saturated heterocycles. The summed E-state index contributed by atoms with van der Waals surface area (Å²) in [6, 6.07) is 5.51. The molecule has 1 aliphatic carbocycles. The molecule has 5 nitrogen and oxygen atoms in total. The molecule has 6 heteroatoms. The van der Waals surface area contributed by atoms with E-state index >= 15 is 0 Å². The number of rotatable bonds is 4. The molecular formula is C15H16FN5. The van der Waals surface area contributed by atoms with Gasteiger partial charge < -0.3 is 14.9 Å². The topological polar surface area (TPSA) is 61.7 Å². The molecule has 1 saturated carbocycles. The molecule has 0 radical (unpaired) electrons. The molecule has 0 bridgehead atoms. The van der Waals surface area contributed by atoms with Crippen molar-refractivity contribution in [3.63, 3.8) is 0 Å². The first-order chi connectivity index (χ1) is 10.3. The monoisotopic (exact) mass is 285 g/mol. The van der Waals surface area contributed by atoms with Gasteiger partial charge in [-0.15, -0.1) is 0 Å². The van der Waals surface area contributed by atoms with E-state index in [2.05, 4.69) is 14.5 Å². The average molecular weight is 285 g/mol. The van der Waals surface area contributed by atoms with E-state index in [0.29, 0.717) is 24.6 Å². The molecule has 1 fully saturated rings. The van der Waals surface area contributed by atoms with Gasteiger partial charge in [0.15, 0.2) is 11.6 Å². The summed E-state index contributed by atoms with van der Waals surface area (Å²) in [7, 11) is 0. The first-order valence-corrected chi connectivity index (χ1v) is 7.16. The molecule has 2 N–H and O–H groups in total. The van der Waals surface area contributed by atoms with Gasteiger partial charge in [0.1, 0.15) is 11.2 Å². The quantitative estimate of drug-likeness (QED) is 0.800. The van der Waals surface area contributed by atoms with E-state index in [1.165, 1.54) is 6.07 Å². The van der Waals surface area contributed by atoms with Crippen molar-refractivity contribution in [3.05, 3.63) is 36.5 Å². The van der Waals surface area contributed by atoms with Crippen LogP contribution in [0.4, 0.5) is 4.39 Å². The van der Waals surface area contributed by atoms with Crippen LogP contribution in [-0.2, 0) is 6.54 Å². The van der Waals surface area contributed by atoms with Crippen LogP contribution in [0.25, 0.3) is 22.6 Å². The Balaban J connectivity index is 1.90. The lowest BCUT2D eigenvalue weighted by atomic mass is 10.3. The molecule has 21 heavy (non-hydrogen) atoms. The van der Waals surface area contributed by atoms with Crippen LogP contribution >= 0.6 is 0 Å². The van der Waals surface area contributed by atoms with Crippen molar-refractivity contribution in [2.45, 2.75) is 25.4 Å². The van der Waals surface area contributed by atoms with Crippen LogP contribution in [0.15, 0.2) is 30.7 Å². The fourth-order valence-corrected chi connectivity index (χ4v) is 2.71. The Bertz CT molecular complexity index is 800. The highest BCUT2D eigenvalue weighted by Crippen LogP contribution is 2.41. The maximum Gasteiger partial charge on any atom is 0.161 e. The van der Waals surface area contributed by atoms with Gasteiger partial charge in [-0.25, -0.2) is 14.4 Å². The molecule has 4 rings (SSSR count). The lowest BCUT2D eigenvalue weighted by Gasteiger charge is -2.05. The largest absolute Gasteiger partial charge is 0.335 e. The number of fused-ring (bicyclic) bond motifs is 1. The fourth-order valence-electron chi connectivity index (χ4n) is 2.71. The number of para-hydroxylation sites is 1.